The third kappa shape index (κ3) is 6.05. The minimum Gasteiger partial charge on any atom is -0.494 e. The van der Waals surface area contributed by atoms with Gasteiger partial charge in [0.1, 0.15) is 11.6 Å². The van der Waals surface area contributed by atoms with E-state index in [1.807, 2.05) is 19.1 Å². The van der Waals surface area contributed by atoms with Crippen LogP contribution in [0.4, 0.5) is 10.1 Å². The second-order valence-corrected chi connectivity index (χ2v) is 6.69. The molecule has 27 heavy (non-hydrogen) atoms. The molecule has 1 saturated heterocycles. The molecule has 1 N–H and O–H groups in total. The summed E-state index contributed by atoms with van der Waals surface area (Å²) in [6.07, 6.45) is 0. The monoisotopic (exact) mass is 371 g/mol. The van der Waals surface area contributed by atoms with Gasteiger partial charge in [0.2, 0.25) is 5.91 Å². The minimum atomic E-state index is -0.351. The van der Waals surface area contributed by atoms with Crippen molar-refractivity contribution in [2.75, 3.05) is 44.6 Å². The van der Waals surface area contributed by atoms with E-state index in [0.29, 0.717) is 18.8 Å². The van der Waals surface area contributed by atoms with Crippen LogP contribution < -0.4 is 10.1 Å². The summed E-state index contributed by atoms with van der Waals surface area (Å²) in [4.78, 5) is 16.7. The number of hydrogen-bond acceptors (Lipinski definition) is 4. The lowest BCUT2D eigenvalue weighted by Crippen LogP contribution is -2.48. The van der Waals surface area contributed by atoms with Crippen LogP contribution in [0.25, 0.3) is 0 Å². The number of nitrogens with zero attached hydrogens (tertiary/aromatic N) is 2. The first-order valence-electron chi connectivity index (χ1n) is 9.34. The van der Waals surface area contributed by atoms with Gasteiger partial charge in [-0.1, -0.05) is 18.2 Å². The van der Waals surface area contributed by atoms with Crippen LogP contribution in [0.2, 0.25) is 0 Å². The summed E-state index contributed by atoms with van der Waals surface area (Å²) in [7, 11) is 0. The van der Waals surface area contributed by atoms with Gasteiger partial charge in [-0.15, -0.1) is 0 Å². The molecule has 3 rings (SSSR count). The number of rotatable bonds is 7. The van der Waals surface area contributed by atoms with Gasteiger partial charge in [-0.2, -0.15) is 0 Å². The van der Waals surface area contributed by atoms with Crippen LogP contribution in [-0.4, -0.2) is 55.0 Å². The molecular formula is C21H26FN3O2. The Kier molecular flexibility index (Phi) is 6.79. The molecular weight excluding hydrogens is 345 g/mol. The number of carbonyl (C=O) groups excluding carboxylic acids is 1. The smallest absolute Gasteiger partial charge is 0.238 e. The van der Waals surface area contributed by atoms with Crippen molar-refractivity contribution in [3.63, 3.8) is 0 Å². The highest BCUT2D eigenvalue weighted by molar-refractivity contribution is 5.92. The fourth-order valence-electron chi connectivity index (χ4n) is 3.19. The van der Waals surface area contributed by atoms with E-state index in [0.717, 1.165) is 38.5 Å². The Hall–Kier alpha value is -2.44. The van der Waals surface area contributed by atoms with Gasteiger partial charge < -0.3 is 10.1 Å². The Labute approximate surface area is 159 Å². The molecule has 1 aliphatic heterocycles. The number of nitrogens with one attached hydrogen (secondary N) is 1. The molecule has 2 aromatic carbocycles. The van der Waals surface area contributed by atoms with Crippen LogP contribution in [0.15, 0.2) is 48.5 Å². The molecule has 1 aliphatic rings. The summed E-state index contributed by atoms with van der Waals surface area (Å²) < 4.78 is 18.7. The molecule has 0 atom stereocenters. The topological polar surface area (TPSA) is 44.8 Å². The van der Waals surface area contributed by atoms with E-state index in [-0.39, 0.29) is 11.7 Å². The average Bonchev–Trinajstić information content (AvgIpc) is 2.65. The third-order valence-electron chi connectivity index (χ3n) is 4.58. The van der Waals surface area contributed by atoms with E-state index >= 15 is 0 Å². The zero-order valence-corrected chi connectivity index (χ0v) is 15.7. The summed E-state index contributed by atoms with van der Waals surface area (Å²) in [6.45, 7) is 7.39. The van der Waals surface area contributed by atoms with Gasteiger partial charge in [0, 0.05) is 38.4 Å². The van der Waals surface area contributed by atoms with Crippen LogP contribution in [0.3, 0.4) is 0 Å². The van der Waals surface area contributed by atoms with Gasteiger partial charge in [-0.05, 0) is 42.8 Å². The first-order valence-corrected chi connectivity index (χ1v) is 9.34. The highest BCUT2D eigenvalue weighted by Crippen LogP contribution is 2.15. The van der Waals surface area contributed by atoms with Gasteiger partial charge in [0.05, 0.1) is 13.2 Å². The molecule has 0 spiro atoms. The van der Waals surface area contributed by atoms with Crippen LogP contribution in [0.5, 0.6) is 5.75 Å². The lowest BCUT2D eigenvalue weighted by molar-refractivity contribution is -0.117. The Morgan fingerprint density at radius 2 is 1.78 bits per heavy atom. The maximum Gasteiger partial charge on any atom is 0.238 e. The zero-order chi connectivity index (χ0) is 19.1. The van der Waals surface area contributed by atoms with E-state index in [9.17, 15) is 9.18 Å². The molecule has 1 fully saturated rings. The van der Waals surface area contributed by atoms with Gasteiger partial charge in [0.25, 0.3) is 0 Å². The maximum atomic E-state index is 13.2. The molecule has 0 unspecified atom stereocenters. The second-order valence-electron chi connectivity index (χ2n) is 6.69. The van der Waals surface area contributed by atoms with Crippen molar-refractivity contribution in [1.82, 2.24) is 9.80 Å². The van der Waals surface area contributed by atoms with E-state index in [1.165, 1.54) is 17.7 Å². The summed E-state index contributed by atoms with van der Waals surface area (Å²) in [6, 6.07) is 14.2. The number of amides is 1. The minimum absolute atomic E-state index is 0.111. The molecule has 0 bridgehead atoms. The molecule has 144 valence electrons. The molecule has 6 heteroatoms. The van der Waals surface area contributed by atoms with Crippen molar-refractivity contribution in [2.24, 2.45) is 0 Å². The van der Waals surface area contributed by atoms with Crippen LogP contribution in [0.1, 0.15) is 12.5 Å². The predicted molar refractivity (Wildman–Crippen MR) is 104 cm³/mol. The van der Waals surface area contributed by atoms with Crippen molar-refractivity contribution in [1.29, 1.82) is 0 Å². The highest BCUT2D eigenvalue weighted by Gasteiger charge is 2.19. The molecule has 0 saturated carbocycles. The maximum absolute atomic E-state index is 13.2. The van der Waals surface area contributed by atoms with E-state index < -0.39 is 0 Å². The Morgan fingerprint density at radius 1 is 1.07 bits per heavy atom. The van der Waals surface area contributed by atoms with Crippen LogP contribution in [-0.2, 0) is 11.3 Å². The van der Waals surface area contributed by atoms with Crippen molar-refractivity contribution >= 4 is 11.6 Å². The summed E-state index contributed by atoms with van der Waals surface area (Å²) >= 11 is 0. The van der Waals surface area contributed by atoms with E-state index in [1.54, 1.807) is 12.1 Å². The normalized spacial score (nSPS) is 15.5. The van der Waals surface area contributed by atoms with Crippen molar-refractivity contribution in [3.05, 3.63) is 59.9 Å². The average molecular weight is 371 g/mol. The number of anilines is 1. The quantitative estimate of drug-likeness (QED) is 0.813. The van der Waals surface area contributed by atoms with Crippen molar-refractivity contribution in [2.45, 2.75) is 13.5 Å². The number of benzene rings is 2. The van der Waals surface area contributed by atoms with E-state index in [4.69, 9.17) is 4.74 Å². The van der Waals surface area contributed by atoms with Gasteiger partial charge >= 0.3 is 0 Å². The molecule has 0 aromatic heterocycles. The summed E-state index contributed by atoms with van der Waals surface area (Å²) in [5.41, 5.74) is 1.75. The molecule has 2 aromatic rings. The predicted octanol–water partition coefficient (Wildman–Crippen LogP) is 2.98. The van der Waals surface area contributed by atoms with Gasteiger partial charge in [-0.25, -0.2) is 4.39 Å². The molecule has 1 heterocycles. The molecule has 5 nitrogen and oxygen atoms in total. The fraction of sp³-hybridized carbons (Fsp3) is 0.381. The van der Waals surface area contributed by atoms with Crippen molar-refractivity contribution < 1.29 is 13.9 Å². The SMILES string of the molecule is CCOc1ccc(CN2CCN(CC(=O)Nc3cccc(F)c3)CC2)cc1. The summed E-state index contributed by atoms with van der Waals surface area (Å²) in [5, 5.41) is 2.75. The fourth-order valence-corrected chi connectivity index (χ4v) is 3.19. The van der Waals surface area contributed by atoms with E-state index in [2.05, 4.69) is 27.2 Å². The van der Waals surface area contributed by atoms with Gasteiger partial charge in [-0.3, -0.25) is 14.6 Å². The van der Waals surface area contributed by atoms with Crippen molar-refractivity contribution in [3.8, 4) is 5.75 Å². The molecule has 0 radical (unpaired) electrons. The largest absolute Gasteiger partial charge is 0.494 e. The number of ether oxygens (including phenoxy) is 1. The standard InChI is InChI=1S/C21H26FN3O2/c1-2-27-20-8-6-17(7-9-20)15-24-10-12-25(13-11-24)16-21(26)23-19-5-3-4-18(22)14-19/h3-9,14H,2,10-13,15-16H2,1H3,(H,23,26). The lowest BCUT2D eigenvalue weighted by Gasteiger charge is -2.34. The highest BCUT2D eigenvalue weighted by atomic mass is 19.1. The van der Waals surface area contributed by atoms with Crippen LogP contribution in [0, 0.1) is 5.82 Å². The molecule has 1 amide bonds. The first kappa shape index (κ1) is 19.3. The first-order chi connectivity index (χ1) is 13.1. The molecule has 0 aliphatic carbocycles. The third-order valence-corrected chi connectivity index (χ3v) is 4.58. The number of piperazine rings is 1. The lowest BCUT2D eigenvalue weighted by atomic mass is 10.2. The second kappa shape index (κ2) is 9.48. The Morgan fingerprint density at radius 3 is 2.44 bits per heavy atom. The Bertz CT molecular complexity index is 743. The zero-order valence-electron chi connectivity index (χ0n) is 15.7. The Balaban J connectivity index is 1.41. The number of halogens is 1. The van der Waals surface area contributed by atoms with Crippen LogP contribution >= 0.6 is 0 Å². The number of hydrogen-bond donors (Lipinski definition) is 1. The number of carbonyl (C=O) groups is 1. The summed E-state index contributed by atoms with van der Waals surface area (Å²) in [5.74, 6) is 0.437. The van der Waals surface area contributed by atoms with Gasteiger partial charge in [0.15, 0.2) is 0 Å².